The summed E-state index contributed by atoms with van der Waals surface area (Å²) in [6.45, 7) is -0.161. The molecular weight excluding hydrogens is 293 g/mol. The van der Waals surface area contributed by atoms with Crippen LogP contribution in [0.3, 0.4) is 0 Å². The van der Waals surface area contributed by atoms with Crippen LogP contribution >= 0.6 is 0 Å². The van der Waals surface area contributed by atoms with Crippen molar-refractivity contribution >= 4 is 29.3 Å². The smallest absolute Gasteiger partial charge is 0.415 e. The maximum absolute atomic E-state index is 14.4. The Bertz CT molecular complexity index is 691. The Hall–Kier alpha value is -2.64. The van der Waals surface area contributed by atoms with Crippen molar-refractivity contribution in [2.75, 3.05) is 23.5 Å². The van der Waals surface area contributed by atoms with Crippen LogP contribution in [0, 0.1) is 5.82 Å². The van der Waals surface area contributed by atoms with E-state index in [-0.39, 0.29) is 30.3 Å². The monoisotopic (exact) mass is 307 g/mol. The van der Waals surface area contributed by atoms with Crippen LogP contribution < -0.4 is 15.5 Å². The van der Waals surface area contributed by atoms with Gasteiger partial charge in [-0.15, -0.1) is 0 Å². The van der Waals surface area contributed by atoms with Gasteiger partial charge in [0.1, 0.15) is 12.4 Å². The Balaban J connectivity index is 2.06. The van der Waals surface area contributed by atoms with Crippen LogP contribution in [0.1, 0.15) is 12.0 Å². The van der Waals surface area contributed by atoms with E-state index in [1.165, 1.54) is 11.9 Å². The Morgan fingerprint density at radius 1 is 1.36 bits per heavy atom. The second-order valence-corrected chi connectivity index (χ2v) is 5.25. The minimum atomic E-state index is -0.965. The van der Waals surface area contributed by atoms with Crippen LogP contribution in [-0.2, 0) is 20.7 Å². The third-order valence-electron chi connectivity index (χ3n) is 3.92. The first kappa shape index (κ1) is 14.3. The molecule has 3 rings (SSSR count). The third kappa shape index (κ3) is 2.07. The average molecular weight is 307 g/mol. The van der Waals surface area contributed by atoms with Crippen molar-refractivity contribution in [3.05, 3.63) is 23.5 Å². The molecule has 2 N–H and O–H groups in total. The standard InChI is InChI=1S/C14H14FN3O4/c1-17-11(19)3-2-7-4-8(5-9(15)12(7)17)18-10(13(16)20)6-22-14(18)21/h4-5,10H,2-3,6H2,1H3,(H2,16,20)/t10-/m1/s1. The van der Waals surface area contributed by atoms with Crippen LogP contribution in [-0.4, -0.2) is 37.6 Å². The van der Waals surface area contributed by atoms with E-state index in [9.17, 15) is 18.8 Å². The summed E-state index contributed by atoms with van der Waals surface area (Å²) in [6, 6.07) is 1.73. The number of cyclic esters (lactones) is 1. The molecule has 3 amide bonds. The molecule has 1 atom stereocenters. The van der Waals surface area contributed by atoms with Gasteiger partial charge in [-0.2, -0.15) is 0 Å². The molecule has 2 aliphatic rings. The molecule has 1 aromatic carbocycles. The summed E-state index contributed by atoms with van der Waals surface area (Å²) < 4.78 is 19.2. The Morgan fingerprint density at radius 3 is 2.77 bits per heavy atom. The van der Waals surface area contributed by atoms with Gasteiger partial charge in [0.25, 0.3) is 0 Å². The van der Waals surface area contributed by atoms with E-state index in [1.807, 2.05) is 0 Å². The lowest BCUT2D eigenvalue weighted by Gasteiger charge is -2.28. The molecule has 0 saturated carbocycles. The lowest BCUT2D eigenvalue weighted by molar-refractivity contribution is -0.119. The number of rotatable bonds is 2. The van der Waals surface area contributed by atoms with Crippen molar-refractivity contribution in [2.24, 2.45) is 5.73 Å². The summed E-state index contributed by atoms with van der Waals surface area (Å²) in [5.74, 6) is -1.53. The largest absolute Gasteiger partial charge is 0.446 e. The number of anilines is 2. The fourth-order valence-corrected chi connectivity index (χ4v) is 2.80. The number of amides is 3. The molecule has 0 unspecified atom stereocenters. The normalized spacial score (nSPS) is 20.9. The number of carbonyl (C=O) groups excluding carboxylic acids is 3. The van der Waals surface area contributed by atoms with Gasteiger partial charge in [-0.3, -0.25) is 14.5 Å². The highest BCUT2D eigenvalue weighted by atomic mass is 19.1. The van der Waals surface area contributed by atoms with E-state index >= 15 is 0 Å². The molecule has 2 aliphatic heterocycles. The first-order valence-electron chi connectivity index (χ1n) is 6.74. The number of nitrogens with two attached hydrogens (primary N) is 1. The van der Waals surface area contributed by atoms with Crippen molar-refractivity contribution in [2.45, 2.75) is 18.9 Å². The topological polar surface area (TPSA) is 92.9 Å². The van der Waals surface area contributed by atoms with Gasteiger partial charge in [-0.05, 0) is 24.1 Å². The summed E-state index contributed by atoms with van der Waals surface area (Å²) in [5.41, 5.74) is 6.24. The van der Waals surface area contributed by atoms with Gasteiger partial charge in [0, 0.05) is 13.5 Å². The number of halogens is 1. The molecule has 116 valence electrons. The van der Waals surface area contributed by atoms with E-state index in [4.69, 9.17) is 10.5 Å². The van der Waals surface area contributed by atoms with Crippen LogP contribution in [0.2, 0.25) is 0 Å². The number of ether oxygens (including phenoxy) is 1. The van der Waals surface area contributed by atoms with Crippen LogP contribution in [0.4, 0.5) is 20.6 Å². The summed E-state index contributed by atoms with van der Waals surface area (Å²) in [4.78, 5) is 37.2. The molecule has 1 aromatic rings. The molecule has 0 aliphatic carbocycles. The minimum absolute atomic E-state index is 0.161. The first-order valence-corrected chi connectivity index (χ1v) is 6.74. The fourth-order valence-electron chi connectivity index (χ4n) is 2.80. The highest BCUT2D eigenvalue weighted by Gasteiger charge is 2.39. The fraction of sp³-hybridized carbons (Fsp3) is 0.357. The quantitative estimate of drug-likeness (QED) is 0.863. The van der Waals surface area contributed by atoms with E-state index in [1.54, 1.807) is 6.07 Å². The number of hydrogen-bond acceptors (Lipinski definition) is 4. The Morgan fingerprint density at radius 2 is 2.09 bits per heavy atom. The number of nitrogens with zero attached hydrogens (tertiary/aromatic N) is 2. The predicted molar refractivity (Wildman–Crippen MR) is 74.9 cm³/mol. The number of aryl methyl sites for hydroxylation is 1. The maximum atomic E-state index is 14.4. The minimum Gasteiger partial charge on any atom is -0.446 e. The molecular formula is C14H14FN3O4. The number of carbonyl (C=O) groups is 3. The van der Waals surface area contributed by atoms with E-state index in [2.05, 4.69) is 0 Å². The van der Waals surface area contributed by atoms with Gasteiger partial charge in [0.05, 0.1) is 11.4 Å². The average Bonchev–Trinajstić information content (AvgIpc) is 2.84. The lowest BCUT2D eigenvalue weighted by Crippen LogP contribution is -2.43. The zero-order valence-electron chi connectivity index (χ0n) is 11.8. The SMILES string of the molecule is CN1C(=O)CCc2cc(N3C(=O)OC[C@@H]3C(N)=O)cc(F)c21. The molecule has 0 spiro atoms. The molecule has 0 aromatic heterocycles. The van der Waals surface area contributed by atoms with Crippen molar-refractivity contribution in [3.63, 3.8) is 0 Å². The summed E-state index contributed by atoms with van der Waals surface area (Å²) >= 11 is 0. The van der Waals surface area contributed by atoms with Crippen LogP contribution in [0.15, 0.2) is 12.1 Å². The van der Waals surface area contributed by atoms with E-state index in [0.29, 0.717) is 12.0 Å². The molecule has 1 fully saturated rings. The van der Waals surface area contributed by atoms with Crippen molar-refractivity contribution in [1.29, 1.82) is 0 Å². The van der Waals surface area contributed by atoms with Gasteiger partial charge < -0.3 is 15.4 Å². The van der Waals surface area contributed by atoms with Crippen LogP contribution in [0.25, 0.3) is 0 Å². The Labute approximate surface area is 125 Å². The summed E-state index contributed by atoms with van der Waals surface area (Å²) in [7, 11) is 1.50. The molecule has 2 heterocycles. The second kappa shape index (κ2) is 4.97. The number of fused-ring (bicyclic) bond motifs is 1. The van der Waals surface area contributed by atoms with E-state index < -0.39 is 23.9 Å². The summed E-state index contributed by atoms with van der Waals surface area (Å²) in [6.07, 6.45) is -0.118. The van der Waals surface area contributed by atoms with Gasteiger partial charge in [-0.25, -0.2) is 9.18 Å². The zero-order chi connectivity index (χ0) is 16.0. The number of primary amides is 1. The zero-order valence-corrected chi connectivity index (χ0v) is 11.8. The number of hydrogen-bond donors (Lipinski definition) is 1. The molecule has 8 heteroatoms. The highest BCUT2D eigenvalue weighted by molar-refractivity contribution is 6.01. The lowest BCUT2D eigenvalue weighted by atomic mass is 10.00. The van der Waals surface area contributed by atoms with Gasteiger partial charge in [0.2, 0.25) is 11.8 Å². The second-order valence-electron chi connectivity index (χ2n) is 5.25. The molecule has 0 bridgehead atoms. The highest BCUT2D eigenvalue weighted by Crippen LogP contribution is 2.35. The third-order valence-corrected chi connectivity index (χ3v) is 3.92. The first-order chi connectivity index (χ1) is 10.4. The van der Waals surface area contributed by atoms with E-state index in [0.717, 1.165) is 11.0 Å². The van der Waals surface area contributed by atoms with Crippen molar-refractivity contribution < 1.29 is 23.5 Å². The van der Waals surface area contributed by atoms with Gasteiger partial charge >= 0.3 is 6.09 Å². The molecule has 0 radical (unpaired) electrons. The van der Waals surface area contributed by atoms with Gasteiger partial charge in [-0.1, -0.05) is 0 Å². The van der Waals surface area contributed by atoms with Crippen molar-refractivity contribution in [1.82, 2.24) is 0 Å². The molecule has 7 nitrogen and oxygen atoms in total. The maximum Gasteiger partial charge on any atom is 0.415 e. The molecule has 22 heavy (non-hydrogen) atoms. The number of benzene rings is 1. The predicted octanol–water partition coefficient (Wildman–Crippen LogP) is 0.545. The molecule has 1 saturated heterocycles. The Kier molecular flexibility index (Phi) is 3.23. The van der Waals surface area contributed by atoms with Crippen LogP contribution in [0.5, 0.6) is 0 Å². The van der Waals surface area contributed by atoms with Crippen molar-refractivity contribution in [3.8, 4) is 0 Å². The summed E-state index contributed by atoms with van der Waals surface area (Å²) in [5, 5.41) is 0. The van der Waals surface area contributed by atoms with Gasteiger partial charge in [0.15, 0.2) is 6.04 Å².